The summed E-state index contributed by atoms with van der Waals surface area (Å²) >= 11 is 0. The van der Waals surface area contributed by atoms with Crippen molar-refractivity contribution in [2.45, 2.75) is 33.2 Å². The molecule has 0 saturated carbocycles. The molecule has 0 aromatic carbocycles. The van der Waals surface area contributed by atoms with Gasteiger partial charge < -0.3 is 14.3 Å². The zero-order valence-corrected chi connectivity index (χ0v) is 14.9. The molecule has 0 saturated heterocycles. The fourth-order valence-electron chi connectivity index (χ4n) is 3.22. The lowest BCUT2D eigenvalue weighted by Gasteiger charge is -2.16. The third kappa shape index (κ3) is 3.22. The van der Waals surface area contributed by atoms with Gasteiger partial charge in [0.25, 0.3) is 5.56 Å². The Morgan fingerprint density at radius 1 is 1.40 bits per heavy atom. The van der Waals surface area contributed by atoms with E-state index in [0.717, 1.165) is 22.2 Å². The summed E-state index contributed by atoms with van der Waals surface area (Å²) in [6.07, 6.45) is 3.89. The van der Waals surface area contributed by atoms with Gasteiger partial charge in [-0.05, 0) is 31.9 Å². The van der Waals surface area contributed by atoms with Gasteiger partial charge in [0, 0.05) is 43.6 Å². The maximum Gasteiger partial charge on any atom is 0.253 e. The molecule has 0 aliphatic carbocycles. The standard InChI is InChI=1S/C18H22N4O3/c1-11-14(18(24)19-17-16(11)12(2)20-22(17)4)5-6-15(23)21(3)9-13-7-8-25-10-13/h7-8,10H,5-6,9H2,1-4H3,(H,19,24). The SMILES string of the molecule is Cc1nn(C)c2[nH]c(=O)c(CCC(=O)N(C)Cc3ccoc3)c(C)c12. The van der Waals surface area contributed by atoms with Crippen LogP contribution in [0, 0.1) is 13.8 Å². The summed E-state index contributed by atoms with van der Waals surface area (Å²) in [5, 5.41) is 5.32. The summed E-state index contributed by atoms with van der Waals surface area (Å²) in [5.41, 5.74) is 3.92. The smallest absolute Gasteiger partial charge is 0.253 e. The minimum absolute atomic E-state index is 0.0111. The van der Waals surface area contributed by atoms with Crippen molar-refractivity contribution in [3.63, 3.8) is 0 Å². The number of fused-ring (bicyclic) bond motifs is 1. The quantitative estimate of drug-likeness (QED) is 0.769. The maximum absolute atomic E-state index is 12.4. The van der Waals surface area contributed by atoms with Crippen molar-refractivity contribution in [1.82, 2.24) is 19.7 Å². The first kappa shape index (κ1) is 17.0. The van der Waals surface area contributed by atoms with Crippen molar-refractivity contribution in [3.05, 3.63) is 51.3 Å². The first-order chi connectivity index (χ1) is 11.9. The molecule has 3 rings (SSSR count). The molecule has 3 heterocycles. The van der Waals surface area contributed by atoms with Gasteiger partial charge >= 0.3 is 0 Å². The van der Waals surface area contributed by atoms with E-state index in [0.29, 0.717) is 24.2 Å². The molecule has 132 valence electrons. The van der Waals surface area contributed by atoms with Gasteiger partial charge in [-0.2, -0.15) is 5.10 Å². The van der Waals surface area contributed by atoms with Gasteiger partial charge in [0.2, 0.25) is 5.91 Å². The molecule has 1 amide bonds. The van der Waals surface area contributed by atoms with Crippen molar-refractivity contribution in [2.75, 3.05) is 7.05 Å². The largest absolute Gasteiger partial charge is 0.472 e. The molecule has 0 aliphatic heterocycles. The van der Waals surface area contributed by atoms with Gasteiger partial charge in [-0.15, -0.1) is 0 Å². The van der Waals surface area contributed by atoms with Crippen LogP contribution in [-0.4, -0.2) is 32.6 Å². The number of aromatic nitrogens is 3. The van der Waals surface area contributed by atoms with E-state index < -0.39 is 0 Å². The first-order valence-electron chi connectivity index (χ1n) is 8.18. The second kappa shape index (κ2) is 6.58. The van der Waals surface area contributed by atoms with Crippen LogP contribution in [0.25, 0.3) is 11.0 Å². The predicted molar refractivity (Wildman–Crippen MR) is 94.3 cm³/mol. The first-order valence-corrected chi connectivity index (χ1v) is 8.18. The van der Waals surface area contributed by atoms with Crippen LogP contribution in [0.1, 0.15) is 28.8 Å². The molecule has 7 heteroatoms. The lowest BCUT2D eigenvalue weighted by Crippen LogP contribution is -2.27. The van der Waals surface area contributed by atoms with E-state index in [4.69, 9.17) is 4.42 Å². The summed E-state index contributed by atoms with van der Waals surface area (Å²) in [7, 11) is 3.56. The summed E-state index contributed by atoms with van der Waals surface area (Å²) in [6.45, 7) is 4.33. The number of furan rings is 1. The van der Waals surface area contributed by atoms with Crippen LogP contribution in [0.5, 0.6) is 0 Å². The Hall–Kier alpha value is -2.83. The van der Waals surface area contributed by atoms with Gasteiger partial charge in [-0.3, -0.25) is 14.3 Å². The lowest BCUT2D eigenvalue weighted by molar-refractivity contribution is -0.130. The molecule has 7 nitrogen and oxygen atoms in total. The van der Waals surface area contributed by atoms with Crippen LogP contribution >= 0.6 is 0 Å². The zero-order valence-electron chi connectivity index (χ0n) is 14.9. The number of H-pyrrole nitrogens is 1. The Labute approximate surface area is 145 Å². The number of hydrogen-bond donors (Lipinski definition) is 1. The number of nitrogens with zero attached hydrogens (tertiary/aromatic N) is 3. The van der Waals surface area contributed by atoms with Gasteiger partial charge in [0.1, 0.15) is 5.65 Å². The van der Waals surface area contributed by atoms with Gasteiger partial charge in [-0.1, -0.05) is 0 Å². The summed E-state index contributed by atoms with van der Waals surface area (Å²) in [5.74, 6) is -0.0111. The summed E-state index contributed by atoms with van der Waals surface area (Å²) in [6, 6.07) is 1.83. The van der Waals surface area contributed by atoms with Crippen molar-refractivity contribution >= 4 is 16.9 Å². The highest BCUT2D eigenvalue weighted by Crippen LogP contribution is 2.21. The molecule has 1 N–H and O–H groups in total. The van der Waals surface area contributed by atoms with E-state index >= 15 is 0 Å². The number of nitrogens with one attached hydrogen (secondary N) is 1. The summed E-state index contributed by atoms with van der Waals surface area (Å²) in [4.78, 5) is 29.3. The molecule has 0 atom stereocenters. The average Bonchev–Trinajstić information content (AvgIpc) is 3.15. The zero-order chi connectivity index (χ0) is 18.1. The molecule has 0 fully saturated rings. The number of aromatic amines is 1. The number of hydrogen-bond acceptors (Lipinski definition) is 4. The normalized spacial score (nSPS) is 11.2. The minimum atomic E-state index is -0.154. The molecular formula is C18H22N4O3. The van der Waals surface area contributed by atoms with Crippen LogP contribution in [-0.2, 0) is 24.8 Å². The molecule has 0 spiro atoms. The molecule has 25 heavy (non-hydrogen) atoms. The summed E-state index contributed by atoms with van der Waals surface area (Å²) < 4.78 is 6.69. The molecule has 0 aliphatic rings. The van der Waals surface area contributed by atoms with Crippen LogP contribution < -0.4 is 5.56 Å². The van der Waals surface area contributed by atoms with E-state index in [-0.39, 0.29) is 17.9 Å². The average molecular weight is 342 g/mol. The topological polar surface area (TPSA) is 84.1 Å². The van der Waals surface area contributed by atoms with E-state index in [1.165, 1.54) is 0 Å². The lowest BCUT2D eigenvalue weighted by atomic mass is 10.0. The van der Waals surface area contributed by atoms with Gasteiger partial charge in [-0.25, -0.2) is 0 Å². The van der Waals surface area contributed by atoms with Crippen LogP contribution in [0.3, 0.4) is 0 Å². The van der Waals surface area contributed by atoms with Crippen molar-refractivity contribution in [3.8, 4) is 0 Å². The van der Waals surface area contributed by atoms with Crippen LogP contribution in [0.4, 0.5) is 0 Å². The van der Waals surface area contributed by atoms with Crippen molar-refractivity contribution < 1.29 is 9.21 Å². The number of pyridine rings is 1. The van der Waals surface area contributed by atoms with E-state index in [1.54, 1.807) is 36.2 Å². The van der Waals surface area contributed by atoms with Gasteiger partial charge in [0.15, 0.2) is 0 Å². The number of amides is 1. The number of rotatable bonds is 5. The van der Waals surface area contributed by atoms with E-state index in [1.807, 2.05) is 19.9 Å². The molecule has 3 aromatic rings. The highest BCUT2D eigenvalue weighted by atomic mass is 16.3. The minimum Gasteiger partial charge on any atom is -0.472 e. The van der Waals surface area contributed by atoms with Crippen LogP contribution in [0.15, 0.2) is 27.8 Å². The van der Waals surface area contributed by atoms with Crippen molar-refractivity contribution in [2.24, 2.45) is 7.05 Å². The predicted octanol–water partition coefficient (Wildman–Crippen LogP) is 2.06. The second-order valence-corrected chi connectivity index (χ2v) is 6.37. The maximum atomic E-state index is 12.4. The van der Waals surface area contributed by atoms with E-state index in [9.17, 15) is 9.59 Å². The Balaban J connectivity index is 1.78. The Kier molecular flexibility index (Phi) is 4.48. The molecular weight excluding hydrogens is 320 g/mol. The number of aryl methyl sites for hydroxylation is 3. The molecule has 0 bridgehead atoms. The van der Waals surface area contributed by atoms with Gasteiger partial charge in [0.05, 0.1) is 18.2 Å². The van der Waals surface area contributed by atoms with Crippen LogP contribution in [0.2, 0.25) is 0 Å². The monoisotopic (exact) mass is 342 g/mol. The Morgan fingerprint density at radius 3 is 2.84 bits per heavy atom. The second-order valence-electron chi connectivity index (χ2n) is 6.37. The highest BCUT2D eigenvalue weighted by Gasteiger charge is 2.17. The highest BCUT2D eigenvalue weighted by molar-refractivity contribution is 5.83. The molecule has 3 aromatic heterocycles. The molecule has 0 radical (unpaired) electrons. The number of carbonyl (C=O) groups is 1. The Bertz CT molecular complexity index is 967. The third-order valence-corrected chi connectivity index (χ3v) is 4.57. The van der Waals surface area contributed by atoms with Crippen molar-refractivity contribution in [1.29, 1.82) is 0 Å². The fourth-order valence-corrected chi connectivity index (χ4v) is 3.22. The fraction of sp³-hybridized carbons (Fsp3) is 0.389. The number of carbonyl (C=O) groups excluding carboxylic acids is 1. The molecule has 0 unspecified atom stereocenters. The Morgan fingerprint density at radius 2 is 2.16 bits per heavy atom. The van der Waals surface area contributed by atoms with E-state index in [2.05, 4.69) is 10.1 Å². The third-order valence-electron chi connectivity index (χ3n) is 4.57.